The number of hydrogen-bond donors (Lipinski definition) is 2. The molecular weight excluding hydrogens is 402 g/mol. The number of ether oxygens (including phenoxy) is 1. The normalized spacial score (nSPS) is 11.2. The van der Waals surface area contributed by atoms with Crippen molar-refractivity contribution in [2.75, 3.05) is 34.3 Å². The molecule has 2 aromatic carbocycles. The van der Waals surface area contributed by atoms with Gasteiger partial charge in [0.05, 0.1) is 18.9 Å². The van der Waals surface area contributed by atoms with Crippen LogP contribution in [0.4, 0.5) is 0 Å². The molecule has 7 nitrogen and oxygen atoms in total. The van der Waals surface area contributed by atoms with Crippen LogP contribution in [0.5, 0.6) is 5.75 Å². The Hall–Kier alpha value is -3.58. The standard InChI is InChI=1S/C25H29N5O2/c1-29(2)11-12-30-17-23(22-8-7-19(14-24(22)30)20-15-27-28-16-20)25(31)26-10-9-18-5-4-6-21(13-18)32-3/h4-8,13-17H,9-12H2,1-3H3,(H,26,31)(H,27,28). The minimum Gasteiger partial charge on any atom is -0.497 e. The molecule has 0 spiro atoms. The summed E-state index contributed by atoms with van der Waals surface area (Å²) in [5.41, 5.74) is 4.96. The summed E-state index contributed by atoms with van der Waals surface area (Å²) in [4.78, 5) is 15.2. The van der Waals surface area contributed by atoms with Crippen molar-refractivity contribution in [2.45, 2.75) is 13.0 Å². The Labute approximate surface area is 188 Å². The monoisotopic (exact) mass is 431 g/mol. The second-order valence-electron chi connectivity index (χ2n) is 8.12. The average molecular weight is 432 g/mol. The van der Waals surface area contributed by atoms with E-state index in [1.807, 2.05) is 48.8 Å². The van der Waals surface area contributed by atoms with Gasteiger partial charge in [-0.15, -0.1) is 0 Å². The molecule has 2 aromatic heterocycles. The molecule has 32 heavy (non-hydrogen) atoms. The van der Waals surface area contributed by atoms with Gasteiger partial charge in [0.15, 0.2) is 0 Å². The molecule has 4 aromatic rings. The third kappa shape index (κ3) is 4.84. The Balaban J connectivity index is 1.55. The van der Waals surface area contributed by atoms with Crippen LogP contribution in [0.2, 0.25) is 0 Å². The number of aromatic amines is 1. The lowest BCUT2D eigenvalue weighted by Gasteiger charge is -2.11. The van der Waals surface area contributed by atoms with Gasteiger partial charge in [0.2, 0.25) is 0 Å². The van der Waals surface area contributed by atoms with E-state index < -0.39 is 0 Å². The Morgan fingerprint density at radius 3 is 2.81 bits per heavy atom. The average Bonchev–Trinajstić information content (AvgIpc) is 3.46. The van der Waals surface area contributed by atoms with Crippen LogP contribution in [0.15, 0.2) is 61.1 Å². The summed E-state index contributed by atoms with van der Waals surface area (Å²) in [6, 6.07) is 14.1. The van der Waals surface area contributed by atoms with Crippen molar-refractivity contribution in [3.05, 3.63) is 72.2 Å². The molecule has 0 saturated carbocycles. The number of fused-ring (bicyclic) bond motifs is 1. The lowest BCUT2D eigenvalue weighted by Crippen LogP contribution is -2.25. The third-order valence-electron chi connectivity index (χ3n) is 5.58. The van der Waals surface area contributed by atoms with Crippen molar-refractivity contribution < 1.29 is 9.53 Å². The molecule has 4 rings (SSSR count). The fourth-order valence-corrected chi connectivity index (χ4v) is 3.80. The first-order valence-electron chi connectivity index (χ1n) is 10.7. The van der Waals surface area contributed by atoms with Crippen molar-refractivity contribution in [1.29, 1.82) is 0 Å². The van der Waals surface area contributed by atoms with Crippen LogP contribution in [-0.4, -0.2) is 59.9 Å². The van der Waals surface area contributed by atoms with E-state index in [1.54, 1.807) is 13.3 Å². The van der Waals surface area contributed by atoms with E-state index >= 15 is 0 Å². The number of nitrogens with zero attached hydrogens (tertiary/aromatic N) is 3. The first kappa shape index (κ1) is 21.6. The lowest BCUT2D eigenvalue weighted by molar-refractivity contribution is 0.0955. The number of likely N-dealkylation sites (N-methyl/N-ethyl adjacent to an activating group) is 1. The number of H-pyrrole nitrogens is 1. The Kier molecular flexibility index (Phi) is 6.56. The number of nitrogens with one attached hydrogen (secondary N) is 2. The molecule has 0 bridgehead atoms. The third-order valence-corrected chi connectivity index (χ3v) is 5.58. The molecule has 0 saturated heterocycles. The number of benzene rings is 2. The van der Waals surface area contributed by atoms with Crippen LogP contribution < -0.4 is 10.1 Å². The van der Waals surface area contributed by atoms with Gasteiger partial charge in [0.25, 0.3) is 5.91 Å². The number of methoxy groups -OCH3 is 1. The quantitative estimate of drug-likeness (QED) is 0.425. The van der Waals surface area contributed by atoms with Crippen LogP contribution in [-0.2, 0) is 13.0 Å². The van der Waals surface area contributed by atoms with E-state index in [2.05, 4.69) is 45.1 Å². The molecule has 0 aliphatic rings. The van der Waals surface area contributed by atoms with E-state index in [1.165, 1.54) is 0 Å². The SMILES string of the molecule is COc1cccc(CCNC(=O)c2cn(CCN(C)C)c3cc(-c4cn[nH]c4)ccc23)c1. The molecule has 166 valence electrons. The van der Waals surface area contributed by atoms with Gasteiger partial charge >= 0.3 is 0 Å². The Bertz CT molecular complexity index is 1190. The zero-order chi connectivity index (χ0) is 22.5. The summed E-state index contributed by atoms with van der Waals surface area (Å²) in [7, 11) is 5.76. The van der Waals surface area contributed by atoms with Crippen molar-refractivity contribution in [3.63, 3.8) is 0 Å². The summed E-state index contributed by atoms with van der Waals surface area (Å²) in [6.07, 6.45) is 6.39. The highest BCUT2D eigenvalue weighted by molar-refractivity contribution is 6.07. The number of hydrogen-bond acceptors (Lipinski definition) is 4. The molecule has 0 radical (unpaired) electrons. The Morgan fingerprint density at radius 1 is 1.19 bits per heavy atom. The first-order chi connectivity index (χ1) is 15.5. The second-order valence-corrected chi connectivity index (χ2v) is 8.12. The zero-order valence-corrected chi connectivity index (χ0v) is 18.8. The molecular formula is C25H29N5O2. The predicted molar refractivity (Wildman–Crippen MR) is 127 cm³/mol. The number of carbonyl (C=O) groups excluding carboxylic acids is 1. The maximum Gasteiger partial charge on any atom is 0.253 e. The molecule has 0 aliphatic heterocycles. The summed E-state index contributed by atoms with van der Waals surface area (Å²) >= 11 is 0. The summed E-state index contributed by atoms with van der Waals surface area (Å²) in [5.74, 6) is 0.767. The summed E-state index contributed by atoms with van der Waals surface area (Å²) < 4.78 is 7.44. The minimum atomic E-state index is -0.0578. The Morgan fingerprint density at radius 2 is 2.06 bits per heavy atom. The molecule has 0 fully saturated rings. The maximum absolute atomic E-state index is 13.1. The molecule has 0 atom stereocenters. The van der Waals surface area contributed by atoms with Gasteiger partial charge in [0, 0.05) is 48.5 Å². The van der Waals surface area contributed by atoms with Crippen LogP contribution in [0.3, 0.4) is 0 Å². The minimum absolute atomic E-state index is 0.0578. The van der Waals surface area contributed by atoms with Crippen molar-refractivity contribution in [2.24, 2.45) is 0 Å². The number of amides is 1. The van der Waals surface area contributed by atoms with E-state index in [-0.39, 0.29) is 5.91 Å². The summed E-state index contributed by atoms with van der Waals surface area (Å²) in [5, 5.41) is 10.9. The van der Waals surface area contributed by atoms with Crippen LogP contribution in [0, 0.1) is 0 Å². The molecule has 0 aliphatic carbocycles. The zero-order valence-electron chi connectivity index (χ0n) is 18.8. The van der Waals surface area contributed by atoms with Gasteiger partial charge in [-0.1, -0.05) is 24.3 Å². The first-order valence-corrected chi connectivity index (χ1v) is 10.7. The molecule has 2 N–H and O–H groups in total. The van der Waals surface area contributed by atoms with Crippen molar-refractivity contribution in [3.8, 4) is 16.9 Å². The number of carbonyl (C=O) groups is 1. The van der Waals surface area contributed by atoms with Gasteiger partial charge in [-0.3, -0.25) is 9.89 Å². The molecule has 7 heteroatoms. The van der Waals surface area contributed by atoms with Crippen molar-refractivity contribution >= 4 is 16.8 Å². The fourth-order valence-electron chi connectivity index (χ4n) is 3.80. The largest absolute Gasteiger partial charge is 0.497 e. The van der Waals surface area contributed by atoms with Crippen molar-refractivity contribution in [1.82, 2.24) is 25.0 Å². The summed E-state index contributed by atoms with van der Waals surface area (Å²) in [6.45, 7) is 2.25. The van der Waals surface area contributed by atoms with E-state index in [4.69, 9.17) is 4.74 Å². The maximum atomic E-state index is 13.1. The topological polar surface area (TPSA) is 75.2 Å². The lowest BCUT2D eigenvalue weighted by atomic mass is 10.1. The van der Waals surface area contributed by atoms with Gasteiger partial charge in [-0.2, -0.15) is 5.10 Å². The highest BCUT2D eigenvalue weighted by Crippen LogP contribution is 2.27. The van der Waals surface area contributed by atoms with Gasteiger partial charge in [-0.05, 0) is 49.8 Å². The predicted octanol–water partition coefficient (Wildman–Crippen LogP) is 3.57. The van der Waals surface area contributed by atoms with Gasteiger partial charge in [-0.25, -0.2) is 0 Å². The number of aromatic nitrogens is 3. The highest BCUT2D eigenvalue weighted by Gasteiger charge is 2.16. The second kappa shape index (κ2) is 9.70. The molecule has 1 amide bonds. The van der Waals surface area contributed by atoms with E-state index in [0.29, 0.717) is 12.1 Å². The van der Waals surface area contributed by atoms with Gasteiger partial charge < -0.3 is 19.5 Å². The van der Waals surface area contributed by atoms with Crippen LogP contribution in [0.25, 0.3) is 22.0 Å². The highest BCUT2D eigenvalue weighted by atomic mass is 16.5. The van der Waals surface area contributed by atoms with Crippen LogP contribution >= 0.6 is 0 Å². The van der Waals surface area contributed by atoms with E-state index in [0.717, 1.165) is 52.9 Å². The fraction of sp³-hybridized carbons (Fsp3) is 0.280. The smallest absolute Gasteiger partial charge is 0.253 e. The van der Waals surface area contributed by atoms with Gasteiger partial charge in [0.1, 0.15) is 5.75 Å². The number of rotatable bonds is 9. The molecule has 2 heterocycles. The van der Waals surface area contributed by atoms with Crippen LogP contribution in [0.1, 0.15) is 15.9 Å². The molecule has 0 unspecified atom stereocenters. The van der Waals surface area contributed by atoms with E-state index in [9.17, 15) is 4.79 Å².